The SMILES string of the molecule is Cc1cc(OCC(=O)OCC(=O)NCCc2ccc(OC(F)F)cc2)ccc1Cl. The molecular weight excluding hydrogens is 408 g/mol. The lowest BCUT2D eigenvalue weighted by atomic mass is 10.1. The first-order valence-corrected chi connectivity index (χ1v) is 9.06. The predicted octanol–water partition coefficient (Wildman–Crippen LogP) is 3.53. The van der Waals surface area contributed by atoms with Crippen LogP contribution < -0.4 is 14.8 Å². The minimum Gasteiger partial charge on any atom is -0.482 e. The van der Waals surface area contributed by atoms with E-state index in [0.717, 1.165) is 11.1 Å². The van der Waals surface area contributed by atoms with Gasteiger partial charge >= 0.3 is 12.6 Å². The van der Waals surface area contributed by atoms with Crippen molar-refractivity contribution in [3.05, 3.63) is 58.6 Å². The Labute approximate surface area is 171 Å². The minimum atomic E-state index is -2.87. The molecule has 0 heterocycles. The number of alkyl halides is 2. The third-order valence-corrected chi connectivity index (χ3v) is 4.16. The summed E-state index contributed by atoms with van der Waals surface area (Å²) in [5.74, 6) is -0.602. The number of carbonyl (C=O) groups excluding carboxylic acids is 2. The summed E-state index contributed by atoms with van der Waals surface area (Å²) in [5.41, 5.74) is 1.64. The molecule has 0 fully saturated rings. The molecule has 2 aromatic rings. The Morgan fingerprint density at radius 3 is 2.41 bits per heavy atom. The van der Waals surface area contributed by atoms with Crippen molar-refractivity contribution in [3.63, 3.8) is 0 Å². The molecule has 1 N–H and O–H groups in total. The zero-order valence-corrected chi connectivity index (χ0v) is 16.4. The van der Waals surface area contributed by atoms with E-state index < -0.39 is 25.1 Å². The number of hydrogen-bond donors (Lipinski definition) is 1. The van der Waals surface area contributed by atoms with E-state index in [4.69, 9.17) is 21.1 Å². The van der Waals surface area contributed by atoms with Gasteiger partial charge in [0.2, 0.25) is 0 Å². The van der Waals surface area contributed by atoms with Crippen LogP contribution in [0.15, 0.2) is 42.5 Å². The van der Waals surface area contributed by atoms with Crippen LogP contribution in [0, 0.1) is 6.92 Å². The van der Waals surface area contributed by atoms with Gasteiger partial charge in [-0.15, -0.1) is 0 Å². The molecule has 2 aromatic carbocycles. The van der Waals surface area contributed by atoms with Crippen molar-refractivity contribution < 1.29 is 32.6 Å². The van der Waals surface area contributed by atoms with Gasteiger partial charge in [0, 0.05) is 11.6 Å². The highest BCUT2D eigenvalue weighted by molar-refractivity contribution is 6.31. The number of aryl methyl sites for hydroxylation is 1. The second-order valence-corrected chi connectivity index (χ2v) is 6.39. The van der Waals surface area contributed by atoms with Gasteiger partial charge in [-0.05, 0) is 54.8 Å². The molecule has 1 amide bonds. The molecular formula is C20H20ClF2NO5. The van der Waals surface area contributed by atoms with Gasteiger partial charge in [-0.25, -0.2) is 4.79 Å². The molecule has 0 saturated carbocycles. The standard InChI is InChI=1S/C20H20ClF2NO5/c1-13-10-16(6-7-17(13)21)27-12-19(26)28-11-18(25)24-9-8-14-2-4-15(5-3-14)29-20(22)23/h2-7,10,20H,8-9,11-12H2,1H3,(H,24,25). The zero-order valence-electron chi connectivity index (χ0n) is 15.6. The summed E-state index contributed by atoms with van der Waals surface area (Å²) in [6.45, 7) is -1.52. The molecule has 0 atom stereocenters. The van der Waals surface area contributed by atoms with Crippen LogP contribution in [-0.4, -0.2) is 38.2 Å². The summed E-state index contributed by atoms with van der Waals surface area (Å²) in [4.78, 5) is 23.4. The van der Waals surface area contributed by atoms with Crippen molar-refractivity contribution in [1.82, 2.24) is 5.32 Å². The molecule has 0 saturated heterocycles. The maximum atomic E-state index is 12.1. The highest BCUT2D eigenvalue weighted by Crippen LogP contribution is 2.21. The maximum Gasteiger partial charge on any atom is 0.387 e. The van der Waals surface area contributed by atoms with Gasteiger partial charge in [0.05, 0.1) is 0 Å². The number of benzene rings is 2. The molecule has 29 heavy (non-hydrogen) atoms. The van der Waals surface area contributed by atoms with Crippen LogP contribution in [0.4, 0.5) is 8.78 Å². The number of halogens is 3. The molecule has 9 heteroatoms. The van der Waals surface area contributed by atoms with Gasteiger partial charge < -0.3 is 19.5 Å². The lowest BCUT2D eigenvalue weighted by Gasteiger charge is -2.09. The molecule has 0 spiro atoms. The van der Waals surface area contributed by atoms with Gasteiger partial charge in [-0.3, -0.25) is 4.79 Å². The van der Waals surface area contributed by atoms with Crippen LogP contribution >= 0.6 is 11.6 Å². The summed E-state index contributed by atoms with van der Waals surface area (Å²) in [5, 5.41) is 3.19. The van der Waals surface area contributed by atoms with E-state index in [2.05, 4.69) is 10.1 Å². The van der Waals surface area contributed by atoms with Crippen molar-refractivity contribution >= 4 is 23.5 Å². The predicted molar refractivity (Wildman–Crippen MR) is 102 cm³/mol. The monoisotopic (exact) mass is 427 g/mol. The van der Waals surface area contributed by atoms with Gasteiger partial charge in [-0.2, -0.15) is 8.78 Å². The Balaban J connectivity index is 1.62. The van der Waals surface area contributed by atoms with Crippen LogP contribution in [-0.2, 0) is 20.7 Å². The number of nitrogens with one attached hydrogen (secondary N) is 1. The first-order chi connectivity index (χ1) is 13.8. The highest BCUT2D eigenvalue weighted by Gasteiger charge is 2.09. The van der Waals surface area contributed by atoms with Gasteiger partial charge in [0.1, 0.15) is 11.5 Å². The smallest absolute Gasteiger partial charge is 0.387 e. The number of rotatable bonds is 10. The van der Waals surface area contributed by atoms with E-state index >= 15 is 0 Å². The van der Waals surface area contributed by atoms with Crippen molar-refractivity contribution in [2.75, 3.05) is 19.8 Å². The van der Waals surface area contributed by atoms with Crippen molar-refractivity contribution in [2.24, 2.45) is 0 Å². The van der Waals surface area contributed by atoms with E-state index in [1.807, 2.05) is 6.92 Å². The first-order valence-electron chi connectivity index (χ1n) is 8.68. The third kappa shape index (κ3) is 8.35. The number of carbonyl (C=O) groups is 2. The largest absolute Gasteiger partial charge is 0.482 e. The fourth-order valence-corrected chi connectivity index (χ4v) is 2.39. The molecule has 6 nitrogen and oxygen atoms in total. The topological polar surface area (TPSA) is 73.9 Å². The normalized spacial score (nSPS) is 10.5. The summed E-state index contributed by atoms with van der Waals surface area (Å²) in [6.07, 6.45) is 0.480. The molecule has 0 aliphatic carbocycles. The summed E-state index contributed by atoms with van der Waals surface area (Å²) in [6, 6.07) is 11.1. The van der Waals surface area contributed by atoms with Gasteiger partial charge in [0.25, 0.3) is 5.91 Å². The van der Waals surface area contributed by atoms with E-state index in [1.165, 1.54) is 12.1 Å². The second-order valence-electron chi connectivity index (χ2n) is 5.98. The number of amides is 1. The Morgan fingerprint density at radius 1 is 1.07 bits per heavy atom. The van der Waals surface area contributed by atoms with E-state index in [9.17, 15) is 18.4 Å². The third-order valence-electron chi connectivity index (χ3n) is 3.73. The van der Waals surface area contributed by atoms with Crippen LogP contribution in [0.2, 0.25) is 5.02 Å². The number of esters is 1. The highest BCUT2D eigenvalue weighted by atomic mass is 35.5. The number of hydrogen-bond acceptors (Lipinski definition) is 5. The molecule has 0 aliphatic rings. The van der Waals surface area contributed by atoms with Crippen molar-refractivity contribution in [1.29, 1.82) is 0 Å². The Hall–Kier alpha value is -2.87. The van der Waals surface area contributed by atoms with Crippen LogP contribution in [0.25, 0.3) is 0 Å². The Kier molecular flexibility index (Phi) is 8.67. The Bertz CT molecular complexity index is 830. The summed E-state index contributed by atoms with van der Waals surface area (Å²) in [7, 11) is 0. The lowest BCUT2D eigenvalue weighted by Crippen LogP contribution is -2.31. The second kappa shape index (κ2) is 11.2. The van der Waals surface area contributed by atoms with Crippen LogP contribution in [0.5, 0.6) is 11.5 Å². The van der Waals surface area contributed by atoms with Gasteiger partial charge in [-0.1, -0.05) is 23.7 Å². The summed E-state index contributed by atoms with van der Waals surface area (Å²) < 4.78 is 38.6. The quantitative estimate of drug-likeness (QED) is 0.587. The average Bonchev–Trinajstić information content (AvgIpc) is 2.68. The van der Waals surface area contributed by atoms with Gasteiger partial charge in [0.15, 0.2) is 13.2 Å². The minimum absolute atomic E-state index is 0.0654. The lowest BCUT2D eigenvalue weighted by molar-refractivity contribution is -0.150. The van der Waals surface area contributed by atoms with Crippen LogP contribution in [0.1, 0.15) is 11.1 Å². The summed E-state index contributed by atoms with van der Waals surface area (Å²) >= 11 is 5.91. The molecule has 0 aliphatic heterocycles. The molecule has 0 unspecified atom stereocenters. The molecule has 0 radical (unpaired) electrons. The van der Waals surface area contributed by atoms with E-state index in [0.29, 0.717) is 23.7 Å². The Morgan fingerprint density at radius 2 is 1.76 bits per heavy atom. The average molecular weight is 428 g/mol. The molecule has 156 valence electrons. The fourth-order valence-electron chi connectivity index (χ4n) is 2.27. The van der Waals surface area contributed by atoms with Crippen molar-refractivity contribution in [2.45, 2.75) is 20.0 Å². The first kappa shape index (κ1) is 22.4. The molecule has 0 bridgehead atoms. The van der Waals surface area contributed by atoms with E-state index in [-0.39, 0.29) is 12.4 Å². The van der Waals surface area contributed by atoms with E-state index in [1.54, 1.807) is 30.3 Å². The van der Waals surface area contributed by atoms with Crippen LogP contribution in [0.3, 0.4) is 0 Å². The number of ether oxygens (including phenoxy) is 3. The zero-order chi connectivity index (χ0) is 21.2. The van der Waals surface area contributed by atoms with Crippen molar-refractivity contribution in [3.8, 4) is 11.5 Å². The maximum absolute atomic E-state index is 12.1. The fraction of sp³-hybridized carbons (Fsp3) is 0.300. The molecule has 0 aromatic heterocycles. The molecule has 2 rings (SSSR count).